The predicted octanol–water partition coefficient (Wildman–Crippen LogP) is 5.53. The minimum atomic E-state index is -0.368. The van der Waals surface area contributed by atoms with Gasteiger partial charge in [-0.25, -0.2) is 14.8 Å². The number of aromatic nitrogens is 2. The normalized spacial score (nSPS) is 10.7. The fourth-order valence-electron chi connectivity index (χ4n) is 3.11. The fraction of sp³-hybridized carbons (Fsp3) is 0.125. The summed E-state index contributed by atoms with van der Waals surface area (Å²) in [4.78, 5) is 21.8. The molecule has 0 amide bonds. The lowest BCUT2D eigenvalue weighted by Crippen LogP contribution is -2.08. The van der Waals surface area contributed by atoms with E-state index in [1.54, 1.807) is 13.0 Å². The summed E-state index contributed by atoms with van der Waals surface area (Å²) in [7, 11) is 0. The van der Waals surface area contributed by atoms with Gasteiger partial charge in [0.2, 0.25) is 0 Å². The van der Waals surface area contributed by atoms with E-state index in [1.807, 2.05) is 73.7 Å². The molecule has 0 atom stereocenters. The molecule has 144 valence electrons. The minimum absolute atomic E-state index is 0.321. The Bertz CT molecular complexity index is 1170. The van der Waals surface area contributed by atoms with Crippen LogP contribution in [-0.4, -0.2) is 22.5 Å². The molecular formula is C24H21N3O2. The zero-order chi connectivity index (χ0) is 20.2. The van der Waals surface area contributed by atoms with E-state index in [2.05, 4.69) is 5.32 Å². The first kappa shape index (κ1) is 18.6. The summed E-state index contributed by atoms with van der Waals surface area (Å²) < 4.78 is 5.19. The van der Waals surface area contributed by atoms with E-state index < -0.39 is 0 Å². The Labute approximate surface area is 169 Å². The van der Waals surface area contributed by atoms with Crippen LogP contribution in [0.4, 0.5) is 11.5 Å². The number of carbonyl (C=O) groups is 1. The van der Waals surface area contributed by atoms with Gasteiger partial charge in [-0.2, -0.15) is 0 Å². The Hall–Kier alpha value is -3.73. The number of carbonyl (C=O) groups excluding carboxylic acids is 1. The molecule has 1 N–H and O–H groups in total. The second-order valence-corrected chi connectivity index (χ2v) is 6.67. The first-order valence-corrected chi connectivity index (χ1v) is 9.52. The van der Waals surface area contributed by atoms with Crippen molar-refractivity contribution < 1.29 is 9.53 Å². The molecule has 0 saturated heterocycles. The predicted molar refractivity (Wildman–Crippen MR) is 115 cm³/mol. The van der Waals surface area contributed by atoms with Crippen LogP contribution in [0.2, 0.25) is 0 Å². The van der Waals surface area contributed by atoms with Gasteiger partial charge in [0, 0.05) is 10.9 Å². The number of nitrogens with one attached hydrogen (secondary N) is 1. The molecule has 0 aliphatic rings. The number of benzene rings is 3. The highest BCUT2D eigenvalue weighted by Gasteiger charge is 2.15. The summed E-state index contributed by atoms with van der Waals surface area (Å²) >= 11 is 0. The maximum absolute atomic E-state index is 12.3. The van der Waals surface area contributed by atoms with E-state index in [4.69, 9.17) is 14.7 Å². The SMILES string of the molecule is CCOC(=O)c1ccccc1Nc1nc(-c2ccc(C)cc2)nc2ccccc12. The minimum Gasteiger partial charge on any atom is -0.462 e. The van der Waals surface area contributed by atoms with Crippen LogP contribution in [0.25, 0.3) is 22.3 Å². The van der Waals surface area contributed by atoms with Crippen LogP contribution < -0.4 is 5.32 Å². The lowest BCUT2D eigenvalue weighted by molar-refractivity contribution is 0.0527. The quantitative estimate of drug-likeness (QED) is 0.459. The van der Waals surface area contributed by atoms with Crippen LogP contribution in [0.1, 0.15) is 22.8 Å². The number of rotatable bonds is 5. The summed E-state index contributed by atoms with van der Waals surface area (Å²) in [6.45, 7) is 4.16. The number of esters is 1. The fourth-order valence-corrected chi connectivity index (χ4v) is 3.11. The van der Waals surface area contributed by atoms with Crippen molar-refractivity contribution in [3.63, 3.8) is 0 Å². The molecule has 3 aromatic carbocycles. The summed E-state index contributed by atoms with van der Waals surface area (Å²) in [5.41, 5.74) is 4.05. The Morgan fingerprint density at radius 3 is 2.45 bits per heavy atom. The van der Waals surface area contributed by atoms with Crippen molar-refractivity contribution >= 4 is 28.4 Å². The maximum Gasteiger partial charge on any atom is 0.340 e. The van der Waals surface area contributed by atoms with Crippen LogP contribution in [0, 0.1) is 6.92 Å². The largest absolute Gasteiger partial charge is 0.462 e. The van der Waals surface area contributed by atoms with Gasteiger partial charge in [-0.1, -0.05) is 54.1 Å². The Morgan fingerprint density at radius 1 is 0.931 bits per heavy atom. The van der Waals surface area contributed by atoms with Gasteiger partial charge in [-0.15, -0.1) is 0 Å². The van der Waals surface area contributed by atoms with E-state index >= 15 is 0 Å². The Morgan fingerprint density at radius 2 is 1.66 bits per heavy atom. The third-order valence-corrected chi connectivity index (χ3v) is 4.59. The van der Waals surface area contributed by atoms with Crippen molar-refractivity contribution in [1.82, 2.24) is 9.97 Å². The molecule has 1 heterocycles. The van der Waals surface area contributed by atoms with Gasteiger partial charge in [0.15, 0.2) is 5.82 Å². The van der Waals surface area contributed by atoms with Crippen molar-refractivity contribution in [1.29, 1.82) is 0 Å². The number of ether oxygens (including phenoxy) is 1. The van der Waals surface area contributed by atoms with Gasteiger partial charge >= 0.3 is 5.97 Å². The van der Waals surface area contributed by atoms with Crippen LogP contribution in [0.5, 0.6) is 0 Å². The average molecular weight is 383 g/mol. The number of anilines is 2. The number of nitrogens with zero attached hydrogens (tertiary/aromatic N) is 2. The molecule has 0 radical (unpaired) electrons. The molecule has 29 heavy (non-hydrogen) atoms. The van der Waals surface area contributed by atoms with Gasteiger partial charge in [-0.05, 0) is 38.1 Å². The van der Waals surface area contributed by atoms with Gasteiger partial charge in [0.25, 0.3) is 0 Å². The van der Waals surface area contributed by atoms with Gasteiger partial charge in [-0.3, -0.25) is 0 Å². The summed E-state index contributed by atoms with van der Waals surface area (Å²) in [6, 6.07) is 23.2. The number of hydrogen-bond donors (Lipinski definition) is 1. The molecule has 4 aromatic rings. The highest BCUT2D eigenvalue weighted by Crippen LogP contribution is 2.29. The van der Waals surface area contributed by atoms with Crippen LogP contribution in [-0.2, 0) is 4.74 Å². The van der Waals surface area contributed by atoms with Gasteiger partial charge in [0.05, 0.1) is 23.4 Å². The lowest BCUT2D eigenvalue weighted by Gasteiger charge is -2.14. The first-order valence-electron chi connectivity index (χ1n) is 9.52. The molecule has 5 nitrogen and oxygen atoms in total. The monoisotopic (exact) mass is 383 g/mol. The van der Waals surface area contributed by atoms with Crippen molar-refractivity contribution in [2.45, 2.75) is 13.8 Å². The third kappa shape index (κ3) is 3.94. The molecule has 0 aliphatic heterocycles. The lowest BCUT2D eigenvalue weighted by atomic mass is 10.1. The number of hydrogen-bond acceptors (Lipinski definition) is 5. The van der Waals surface area contributed by atoms with Crippen LogP contribution in [0.3, 0.4) is 0 Å². The van der Waals surface area contributed by atoms with E-state index in [1.165, 1.54) is 5.56 Å². The Kier molecular flexibility index (Phi) is 5.20. The summed E-state index contributed by atoms with van der Waals surface area (Å²) in [5, 5.41) is 4.20. The summed E-state index contributed by atoms with van der Waals surface area (Å²) in [6.07, 6.45) is 0. The molecule has 0 aliphatic carbocycles. The molecule has 0 saturated carbocycles. The Balaban J connectivity index is 1.82. The maximum atomic E-state index is 12.3. The number of aryl methyl sites for hydroxylation is 1. The first-order chi connectivity index (χ1) is 14.2. The molecule has 1 aromatic heterocycles. The molecule has 4 rings (SSSR count). The molecule has 5 heteroatoms. The highest BCUT2D eigenvalue weighted by atomic mass is 16.5. The number of fused-ring (bicyclic) bond motifs is 1. The number of para-hydroxylation sites is 2. The zero-order valence-corrected chi connectivity index (χ0v) is 16.3. The topological polar surface area (TPSA) is 64.1 Å². The van der Waals surface area contributed by atoms with Crippen molar-refractivity contribution in [2.24, 2.45) is 0 Å². The van der Waals surface area contributed by atoms with Gasteiger partial charge < -0.3 is 10.1 Å². The molecule has 0 bridgehead atoms. The molecule has 0 unspecified atom stereocenters. The second-order valence-electron chi connectivity index (χ2n) is 6.67. The van der Waals surface area contributed by atoms with Crippen LogP contribution in [0.15, 0.2) is 72.8 Å². The zero-order valence-electron chi connectivity index (χ0n) is 16.3. The summed E-state index contributed by atoms with van der Waals surface area (Å²) in [5.74, 6) is 0.899. The van der Waals surface area contributed by atoms with E-state index in [-0.39, 0.29) is 5.97 Å². The standard InChI is InChI=1S/C24H21N3O2/c1-3-29-24(28)19-9-5-7-11-21(19)26-23-18-8-4-6-10-20(18)25-22(27-23)17-14-12-16(2)13-15-17/h4-15H,3H2,1-2H3,(H,25,26,27). The van der Waals surface area contributed by atoms with Crippen molar-refractivity contribution in [3.8, 4) is 11.4 Å². The van der Waals surface area contributed by atoms with Crippen molar-refractivity contribution in [2.75, 3.05) is 11.9 Å². The van der Waals surface area contributed by atoms with E-state index in [9.17, 15) is 4.79 Å². The highest BCUT2D eigenvalue weighted by molar-refractivity contribution is 5.99. The second kappa shape index (κ2) is 8.10. The van der Waals surface area contributed by atoms with E-state index in [0.717, 1.165) is 16.5 Å². The molecular weight excluding hydrogens is 362 g/mol. The van der Waals surface area contributed by atoms with E-state index in [0.29, 0.717) is 29.5 Å². The smallest absolute Gasteiger partial charge is 0.340 e. The van der Waals surface area contributed by atoms with Crippen molar-refractivity contribution in [3.05, 3.63) is 83.9 Å². The van der Waals surface area contributed by atoms with Crippen LogP contribution >= 0.6 is 0 Å². The molecule has 0 spiro atoms. The van der Waals surface area contributed by atoms with Gasteiger partial charge in [0.1, 0.15) is 5.82 Å². The average Bonchev–Trinajstić information content (AvgIpc) is 2.75. The third-order valence-electron chi connectivity index (χ3n) is 4.59. The molecule has 0 fully saturated rings.